The number of hydrogen-bond donors (Lipinski definition) is 1. The maximum Gasteiger partial charge on any atom is 0.226 e. The minimum atomic E-state index is 0.237. The third kappa shape index (κ3) is 2.12. The fraction of sp³-hybridized carbons (Fsp3) is 0.800. The van der Waals surface area contributed by atoms with Gasteiger partial charge in [0.1, 0.15) is 0 Å². The highest BCUT2D eigenvalue weighted by Gasteiger charge is 2.37. The van der Waals surface area contributed by atoms with Gasteiger partial charge in [0, 0.05) is 18.9 Å². The summed E-state index contributed by atoms with van der Waals surface area (Å²) in [6.07, 6.45) is 3.69. The quantitative estimate of drug-likeness (QED) is 0.725. The molecule has 4 nitrogen and oxygen atoms in total. The highest BCUT2D eigenvalue weighted by Crippen LogP contribution is 2.45. The van der Waals surface area contributed by atoms with Crippen molar-refractivity contribution in [3.63, 3.8) is 0 Å². The summed E-state index contributed by atoms with van der Waals surface area (Å²) in [5.41, 5.74) is 0. The third-order valence-corrected chi connectivity index (χ3v) is 2.72. The van der Waals surface area contributed by atoms with Crippen LogP contribution in [0.15, 0.2) is 4.52 Å². The Labute approximate surface area is 83.3 Å². The van der Waals surface area contributed by atoms with Gasteiger partial charge in [0.05, 0.1) is 0 Å². The van der Waals surface area contributed by atoms with Crippen molar-refractivity contribution >= 4 is 0 Å². The largest absolute Gasteiger partial charge is 0.396 e. The van der Waals surface area contributed by atoms with Crippen LogP contribution in [0.2, 0.25) is 0 Å². The van der Waals surface area contributed by atoms with Crippen LogP contribution in [0.1, 0.15) is 43.8 Å². The van der Waals surface area contributed by atoms with Crippen LogP contribution >= 0.6 is 0 Å². The van der Waals surface area contributed by atoms with E-state index >= 15 is 0 Å². The lowest BCUT2D eigenvalue weighted by atomic mass is 10.2. The first kappa shape index (κ1) is 9.65. The summed E-state index contributed by atoms with van der Waals surface area (Å²) in [6, 6.07) is 0. The van der Waals surface area contributed by atoms with Gasteiger partial charge >= 0.3 is 0 Å². The Morgan fingerprint density at radius 1 is 1.50 bits per heavy atom. The average molecular weight is 196 g/mol. The second kappa shape index (κ2) is 4.09. The molecule has 1 fully saturated rings. The minimum absolute atomic E-state index is 0.237. The lowest BCUT2D eigenvalue weighted by Gasteiger charge is -1.91. The van der Waals surface area contributed by atoms with Gasteiger partial charge in [0.2, 0.25) is 5.89 Å². The molecule has 0 aliphatic heterocycles. The zero-order chi connectivity index (χ0) is 9.97. The molecule has 78 valence electrons. The van der Waals surface area contributed by atoms with Crippen LogP contribution < -0.4 is 0 Å². The number of unbranched alkanes of at least 4 members (excludes halogenated alkanes) is 1. The van der Waals surface area contributed by atoms with E-state index in [0.29, 0.717) is 11.8 Å². The number of aliphatic hydroxyl groups excluding tert-OH is 1. The van der Waals surface area contributed by atoms with Gasteiger partial charge in [0.15, 0.2) is 5.82 Å². The zero-order valence-corrected chi connectivity index (χ0v) is 8.44. The fourth-order valence-corrected chi connectivity index (χ4v) is 1.59. The van der Waals surface area contributed by atoms with E-state index in [9.17, 15) is 0 Å². The van der Waals surface area contributed by atoms with E-state index in [1.54, 1.807) is 0 Å². The molecule has 1 aromatic rings. The Kier molecular flexibility index (Phi) is 2.82. The molecule has 0 saturated heterocycles. The molecule has 1 N–H and O–H groups in total. The molecular formula is C10H16N2O2. The molecule has 0 spiro atoms. The van der Waals surface area contributed by atoms with E-state index in [4.69, 9.17) is 9.63 Å². The number of aryl methyl sites for hydroxylation is 1. The van der Waals surface area contributed by atoms with E-state index < -0.39 is 0 Å². The van der Waals surface area contributed by atoms with Crippen LogP contribution in [-0.2, 0) is 6.42 Å². The summed E-state index contributed by atoms with van der Waals surface area (Å²) in [5, 5.41) is 12.6. The van der Waals surface area contributed by atoms with E-state index in [1.807, 2.05) is 0 Å². The highest BCUT2D eigenvalue weighted by molar-refractivity contribution is 5.07. The van der Waals surface area contributed by atoms with Crippen molar-refractivity contribution in [3.8, 4) is 0 Å². The molecule has 1 aliphatic carbocycles. The van der Waals surface area contributed by atoms with Crippen LogP contribution in [0, 0.1) is 5.92 Å². The Hall–Kier alpha value is -0.900. The predicted octanol–water partition coefficient (Wildman–Crippen LogP) is 1.51. The molecule has 0 aromatic carbocycles. The van der Waals surface area contributed by atoms with Crippen LogP contribution in [0.5, 0.6) is 0 Å². The Morgan fingerprint density at radius 3 is 2.93 bits per heavy atom. The van der Waals surface area contributed by atoms with Crippen molar-refractivity contribution < 1.29 is 9.63 Å². The van der Waals surface area contributed by atoms with Crippen molar-refractivity contribution in [2.24, 2.45) is 5.92 Å². The van der Waals surface area contributed by atoms with E-state index in [2.05, 4.69) is 17.1 Å². The fourth-order valence-electron chi connectivity index (χ4n) is 1.59. The van der Waals surface area contributed by atoms with Crippen LogP contribution in [-0.4, -0.2) is 21.9 Å². The van der Waals surface area contributed by atoms with Gasteiger partial charge in [-0.25, -0.2) is 0 Å². The minimum Gasteiger partial charge on any atom is -0.396 e. The predicted molar refractivity (Wildman–Crippen MR) is 50.8 cm³/mol. The lowest BCUT2D eigenvalue weighted by molar-refractivity contribution is 0.280. The first-order valence-corrected chi connectivity index (χ1v) is 5.24. The lowest BCUT2D eigenvalue weighted by Crippen LogP contribution is -1.90. The number of aromatic nitrogens is 2. The summed E-state index contributed by atoms with van der Waals surface area (Å²) in [5.74, 6) is 2.84. The molecule has 0 bridgehead atoms. The van der Waals surface area contributed by atoms with Gasteiger partial charge in [-0.05, 0) is 25.2 Å². The summed E-state index contributed by atoms with van der Waals surface area (Å²) in [4.78, 5) is 4.34. The summed E-state index contributed by atoms with van der Waals surface area (Å²) in [7, 11) is 0. The Morgan fingerprint density at radius 2 is 2.29 bits per heavy atom. The molecule has 1 saturated carbocycles. The Balaban J connectivity index is 1.84. The number of rotatable bonds is 5. The van der Waals surface area contributed by atoms with Crippen LogP contribution in [0.3, 0.4) is 0 Å². The van der Waals surface area contributed by atoms with Gasteiger partial charge in [-0.15, -0.1) is 0 Å². The van der Waals surface area contributed by atoms with Crippen molar-refractivity contribution in [1.82, 2.24) is 10.1 Å². The summed E-state index contributed by atoms with van der Waals surface area (Å²) in [6.45, 7) is 2.44. The molecule has 4 heteroatoms. The smallest absolute Gasteiger partial charge is 0.226 e. The Bertz CT molecular complexity index is 298. The maximum absolute atomic E-state index is 8.62. The second-order valence-electron chi connectivity index (χ2n) is 4.05. The molecule has 2 rings (SSSR count). The van der Waals surface area contributed by atoms with E-state index in [0.717, 1.165) is 31.0 Å². The molecule has 0 amide bonds. The molecule has 14 heavy (non-hydrogen) atoms. The zero-order valence-electron chi connectivity index (χ0n) is 8.44. The van der Waals surface area contributed by atoms with Crippen LogP contribution in [0.25, 0.3) is 0 Å². The monoisotopic (exact) mass is 196 g/mol. The number of aliphatic hydroxyl groups is 1. The molecule has 1 aromatic heterocycles. The van der Waals surface area contributed by atoms with Gasteiger partial charge in [-0.3, -0.25) is 0 Å². The average Bonchev–Trinajstić information content (AvgIpc) is 2.74. The number of hydrogen-bond acceptors (Lipinski definition) is 4. The van der Waals surface area contributed by atoms with Crippen molar-refractivity contribution in [1.29, 1.82) is 0 Å². The first-order chi connectivity index (χ1) is 6.81. The number of nitrogens with zero attached hydrogens (tertiary/aromatic N) is 2. The highest BCUT2D eigenvalue weighted by atomic mass is 16.5. The topological polar surface area (TPSA) is 59.2 Å². The standard InChI is InChI=1S/C10H16N2O2/c1-7-6-8(7)10-11-9(14-12-10)4-2-3-5-13/h7-8,13H,2-6H2,1H3. The maximum atomic E-state index is 8.62. The normalized spacial score (nSPS) is 25.3. The van der Waals surface area contributed by atoms with Gasteiger partial charge in [-0.1, -0.05) is 12.1 Å². The summed E-state index contributed by atoms with van der Waals surface area (Å²) < 4.78 is 5.12. The van der Waals surface area contributed by atoms with Crippen LogP contribution in [0.4, 0.5) is 0 Å². The SMILES string of the molecule is CC1CC1c1noc(CCCCO)n1. The summed E-state index contributed by atoms with van der Waals surface area (Å²) >= 11 is 0. The van der Waals surface area contributed by atoms with Crippen molar-refractivity contribution in [3.05, 3.63) is 11.7 Å². The molecule has 2 atom stereocenters. The van der Waals surface area contributed by atoms with Gasteiger partial charge in [-0.2, -0.15) is 4.98 Å². The van der Waals surface area contributed by atoms with Gasteiger partial charge in [0.25, 0.3) is 0 Å². The second-order valence-corrected chi connectivity index (χ2v) is 4.05. The first-order valence-electron chi connectivity index (χ1n) is 5.24. The molecule has 1 aliphatic rings. The van der Waals surface area contributed by atoms with E-state index in [1.165, 1.54) is 6.42 Å². The van der Waals surface area contributed by atoms with Gasteiger partial charge < -0.3 is 9.63 Å². The third-order valence-electron chi connectivity index (χ3n) is 2.72. The van der Waals surface area contributed by atoms with Crippen molar-refractivity contribution in [2.45, 2.75) is 38.5 Å². The molecule has 2 unspecified atom stereocenters. The molecular weight excluding hydrogens is 180 g/mol. The van der Waals surface area contributed by atoms with Crippen molar-refractivity contribution in [2.75, 3.05) is 6.61 Å². The molecule has 1 heterocycles. The van der Waals surface area contributed by atoms with E-state index in [-0.39, 0.29) is 6.61 Å². The molecule has 0 radical (unpaired) electrons.